The molecule has 18 nitrogen and oxygen atoms in total. The minimum atomic E-state index is -1.39. The molecule has 0 aliphatic rings. The van der Waals surface area contributed by atoms with Crippen LogP contribution in [0.2, 0.25) is 0 Å². The average molecular weight is 929 g/mol. The maximum Gasteiger partial charge on any atom is 0.344 e. The van der Waals surface area contributed by atoms with E-state index in [9.17, 15) is 38.4 Å². The summed E-state index contributed by atoms with van der Waals surface area (Å²) in [6.07, 6.45) is 8.35. The Morgan fingerprint density at radius 2 is 1.33 bits per heavy atom. The van der Waals surface area contributed by atoms with Crippen molar-refractivity contribution >= 4 is 48.0 Å². The first-order chi connectivity index (χ1) is 31.8. The summed E-state index contributed by atoms with van der Waals surface area (Å²) in [5, 5.41) is 8.81. The van der Waals surface area contributed by atoms with Gasteiger partial charge in [0.2, 0.25) is 12.3 Å². The van der Waals surface area contributed by atoms with Crippen molar-refractivity contribution in [2.75, 3.05) is 33.1 Å². The molecule has 3 N–H and O–H groups in total. The van der Waals surface area contributed by atoms with Crippen molar-refractivity contribution in [3.05, 3.63) is 41.7 Å². The fourth-order valence-corrected chi connectivity index (χ4v) is 6.66. The number of rotatable bonds is 34. The van der Waals surface area contributed by atoms with Crippen molar-refractivity contribution in [1.82, 2.24) is 21.0 Å². The van der Waals surface area contributed by atoms with Crippen molar-refractivity contribution in [2.24, 2.45) is 11.8 Å². The first-order valence-corrected chi connectivity index (χ1v) is 23.5. The third kappa shape index (κ3) is 19.3. The van der Waals surface area contributed by atoms with Crippen LogP contribution in [0, 0.1) is 11.8 Å². The van der Waals surface area contributed by atoms with Crippen molar-refractivity contribution in [1.29, 1.82) is 0 Å². The quantitative estimate of drug-likeness (QED) is 0.0161. The number of esters is 3. The topological polar surface area (TPSA) is 235 Å². The van der Waals surface area contributed by atoms with Gasteiger partial charge in [0.15, 0.2) is 12.4 Å². The maximum atomic E-state index is 13.8. The Morgan fingerprint density at radius 3 is 1.94 bits per heavy atom. The molecule has 1 heterocycles. The second-order valence-electron chi connectivity index (χ2n) is 15.8. The summed E-state index contributed by atoms with van der Waals surface area (Å²) in [5.74, 6) is -5.84. The van der Waals surface area contributed by atoms with E-state index >= 15 is 0 Å². The fraction of sp³-hybridized carbons (Fsp3) is 0.625. The molecule has 0 saturated heterocycles. The number of nitrogens with one attached hydrogen (secondary N) is 3. The molecule has 368 valence electrons. The first-order valence-electron chi connectivity index (χ1n) is 23.5. The zero-order valence-electron chi connectivity index (χ0n) is 39.9. The number of carbonyl (C=O) groups excluding carboxylic acids is 8. The third-order valence-corrected chi connectivity index (χ3v) is 10.7. The Hall–Kier alpha value is -5.94. The Kier molecular flexibility index (Phi) is 27.1. The van der Waals surface area contributed by atoms with Crippen LogP contribution in [0.3, 0.4) is 0 Å². The average Bonchev–Trinajstić information content (AvgIpc) is 3.81. The van der Waals surface area contributed by atoms with Crippen molar-refractivity contribution in [3.63, 3.8) is 0 Å². The molecule has 1 aromatic heterocycles. The van der Waals surface area contributed by atoms with Gasteiger partial charge in [-0.15, -0.1) is 0 Å². The summed E-state index contributed by atoms with van der Waals surface area (Å²) in [6.45, 7) is 12.9. The molecule has 3 atom stereocenters. The van der Waals surface area contributed by atoms with Crippen LogP contribution in [-0.4, -0.2) is 98.3 Å². The molecule has 0 saturated carbocycles. The monoisotopic (exact) mass is 929 g/mol. The largest absolute Gasteiger partial charge is 0.481 e. The van der Waals surface area contributed by atoms with Gasteiger partial charge in [0.25, 0.3) is 11.8 Å². The van der Waals surface area contributed by atoms with Gasteiger partial charge in [-0.3, -0.25) is 24.0 Å². The third-order valence-electron chi connectivity index (χ3n) is 10.7. The van der Waals surface area contributed by atoms with Gasteiger partial charge in [0.1, 0.15) is 17.6 Å². The van der Waals surface area contributed by atoms with Crippen LogP contribution < -0.4 is 20.7 Å². The molecule has 0 aliphatic heterocycles. The Labute approximate surface area is 388 Å². The van der Waals surface area contributed by atoms with Gasteiger partial charge in [-0.05, 0) is 69.2 Å². The molecule has 0 aliphatic carbocycles. The highest BCUT2D eigenvalue weighted by Crippen LogP contribution is 2.30. The zero-order chi connectivity index (χ0) is 48.9. The van der Waals surface area contributed by atoms with E-state index in [2.05, 4.69) is 16.0 Å². The van der Waals surface area contributed by atoms with Crippen LogP contribution in [-0.2, 0) is 47.8 Å². The highest BCUT2D eigenvalue weighted by Gasteiger charge is 2.34. The molecule has 0 fully saturated rings. The molecule has 0 radical (unpaired) electrons. The first kappa shape index (κ1) is 56.2. The Balaban J connectivity index is 2.32. The molecule has 0 spiro atoms. The van der Waals surface area contributed by atoms with Crippen LogP contribution in [0.15, 0.2) is 34.7 Å². The van der Waals surface area contributed by atoms with Gasteiger partial charge in [-0.1, -0.05) is 93.1 Å². The fourth-order valence-electron chi connectivity index (χ4n) is 6.66. The maximum absolute atomic E-state index is 13.8. The molecule has 66 heavy (non-hydrogen) atoms. The summed E-state index contributed by atoms with van der Waals surface area (Å²) >= 11 is 0. The molecule has 1 aromatic carbocycles. The molecule has 18 heteroatoms. The highest BCUT2D eigenvalue weighted by molar-refractivity contribution is 6.00. The van der Waals surface area contributed by atoms with Gasteiger partial charge in [0, 0.05) is 5.56 Å². The predicted octanol–water partition coefficient (Wildman–Crippen LogP) is 6.98. The van der Waals surface area contributed by atoms with Gasteiger partial charge in [0.05, 0.1) is 56.4 Å². The van der Waals surface area contributed by atoms with Gasteiger partial charge >= 0.3 is 23.9 Å². The lowest BCUT2D eigenvalue weighted by Crippen LogP contribution is -2.49. The molecule has 2 rings (SSSR count). The summed E-state index contributed by atoms with van der Waals surface area (Å²) in [5.41, 5.74) is 0.248. The number of ether oxygens (including phenoxy) is 4. The molecule has 0 bridgehead atoms. The van der Waals surface area contributed by atoms with E-state index in [0.717, 1.165) is 37.2 Å². The molecular weight excluding hydrogens is 857 g/mol. The Morgan fingerprint density at radius 1 is 0.697 bits per heavy atom. The molecule has 4 amide bonds. The highest BCUT2D eigenvalue weighted by atomic mass is 16.7. The molecule has 2 aromatic rings. The van der Waals surface area contributed by atoms with Crippen molar-refractivity contribution in [3.8, 4) is 17.1 Å². The predicted molar refractivity (Wildman–Crippen MR) is 243 cm³/mol. The van der Waals surface area contributed by atoms with Gasteiger partial charge < -0.3 is 44.2 Å². The molecule has 0 unspecified atom stereocenters. The number of carbonyl (C=O) groups is 8. The SMILES string of the molecule is CCCCC[C@@H](C(=O)NCNC(=O)c1ccc(-c2ccc(C(=O)N[C@@H](CC(=O)OCCCC)C(=O)OCCCC)c(OCC(=O)OCCCC)c2)o1)[C@@H](CC)N(C=O)OC(=O)C(CC)CC. The number of hydroxylamine groups is 2. The van der Waals surface area contributed by atoms with Crippen LogP contribution >= 0.6 is 0 Å². The van der Waals surface area contributed by atoms with Gasteiger partial charge in [-0.25, -0.2) is 14.4 Å². The normalized spacial score (nSPS) is 12.2. The van der Waals surface area contributed by atoms with E-state index in [1.807, 2.05) is 41.5 Å². The zero-order valence-corrected chi connectivity index (χ0v) is 39.9. The molecular formula is C48H72N4O14. The summed E-state index contributed by atoms with van der Waals surface area (Å²) in [7, 11) is 0. The summed E-state index contributed by atoms with van der Waals surface area (Å²) in [4.78, 5) is 109. The van der Waals surface area contributed by atoms with Crippen molar-refractivity contribution < 1.29 is 66.6 Å². The minimum Gasteiger partial charge on any atom is -0.481 e. The number of benzene rings is 1. The number of nitrogens with zero attached hydrogens (tertiary/aromatic N) is 1. The number of hydrogen-bond donors (Lipinski definition) is 3. The van der Waals surface area contributed by atoms with Gasteiger partial charge in [-0.2, -0.15) is 5.06 Å². The Bertz CT molecular complexity index is 1840. The van der Waals surface area contributed by atoms with E-state index in [0.29, 0.717) is 63.3 Å². The second-order valence-corrected chi connectivity index (χ2v) is 15.8. The van der Waals surface area contributed by atoms with Crippen LogP contribution in [0.25, 0.3) is 11.3 Å². The minimum absolute atomic E-state index is 0.0899. The van der Waals surface area contributed by atoms with E-state index in [-0.39, 0.29) is 49.3 Å². The smallest absolute Gasteiger partial charge is 0.344 e. The van der Waals surface area contributed by atoms with E-state index in [1.54, 1.807) is 6.92 Å². The van der Waals surface area contributed by atoms with Crippen molar-refractivity contribution in [2.45, 2.75) is 150 Å². The van der Waals surface area contributed by atoms with Crippen LogP contribution in [0.5, 0.6) is 5.75 Å². The second kappa shape index (κ2) is 31.9. The number of amides is 4. The number of furan rings is 1. The van der Waals surface area contributed by atoms with E-state index < -0.39 is 78.5 Å². The van der Waals surface area contributed by atoms with E-state index in [4.69, 9.17) is 28.2 Å². The number of unbranched alkanes of at least 4 members (excludes halogenated alkanes) is 5. The lowest BCUT2D eigenvalue weighted by Gasteiger charge is -2.32. The van der Waals surface area contributed by atoms with Crippen LogP contribution in [0.4, 0.5) is 0 Å². The summed E-state index contributed by atoms with van der Waals surface area (Å²) < 4.78 is 27.5. The lowest BCUT2D eigenvalue weighted by atomic mass is 9.90. The standard InChI is InChI=1S/C48H72N4O14/c1-8-15-19-20-35(38(14-7)52(32-53)66-47(59)33(12-5)13-6)44(56)49-31-50-46(58)40-24-23-39(65-40)34-21-22-36(41(28-34)64-30-43(55)62-26-17-10-3)45(57)51-37(48(60)63-27-18-11-4)29-42(54)61-25-16-9-2/h21-24,28,32-33,35,37-38H,8-20,25-27,29-31H2,1-7H3,(H,49,56)(H,50,58)(H,51,57)/t35-,37+,38-/m1/s1. The lowest BCUT2D eigenvalue weighted by molar-refractivity contribution is -0.208. The number of hydrogen-bond acceptors (Lipinski definition) is 14. The van der Waals surface area contributed by atoms with E-state index in [1.165, 1.54) is 30.3 Å². The summed E-state index contributed by atoms with van der Waals surface area (Å²) in [6, 6.07) is 5.07. The van der Waals surface area contributed by atoms with Crippen LogP contribution in [0.1, 0.15) is 159 Å².